The number of ether oxygens (including phenoxy) is 5. The molecule has 0 bridgehead atoms. The molecule has 2 fully saturated rings. The third-order valence-corrected chi connectivity index (χ3v) is 3.76. The summed E-state index contributed by atoms with van der Waals surface area (Å²) >= 11 is 0. The van der Waals surface area contributed by atoms with Crippen molar-refractivity contribution in [1.29, 1.82) is 0 Å². The molecule has 0 spiro atoms. The van der Waals surface area contributed by atoms with E-state index in [9.17, 15) is 19.2 Å². The minimum atomic E-state index is -1.04. The third kappa shape index (κ3) is 4.22. The zero-order valence-electron chi connectivity index (χ0n) is 13.8. The Balaban J connectivity index is 2.27. The lowest BCUT2D eigenvalue weighted by Gasteiger charge is -2.38. The van der Waals surface area contributed by atoms with Gasteiger partial charge in [0.2, 0.25) is 0 Å². The molecule has 9 heteroatoms. The molecular formula is C15H20O9. The zero-order valence-corrected chi connectivity index (χ0v) is 13.8. The van der Waals surface area contributed by atoms with E-state index in [0.29, 0.717) is 0 Å². The average molecular weight is 344 g/mol. The van der Waals surface area contributed by atoms with Crippen LogP contribution in [0.4, 0.5) is 0 Å². The van der Waals surface area contributed by atoms with Crippen molar-refractivity contribution in [2.75, 3.05) is 6.61 Å². The minimum Gasteiger partial charge on any atom is -0.465 e. The van der Waals surface area contributed by atoms with Gasteiger partial charge >= 0.3 is 23.9 Å². The van der Waals surface area contributed by atoms with E-state index in [4.69, 9.17) is 23.7 Å². The Hall–Kier alpha value is -2.16. The number of hydrogen-bond acceptors (Lipinski definition) is 9. The first-order chi connectivity index (χ1) is 11.2. The molecule has 0 unspecified atom stereocenters. The highest BCUT2D eigenvalue weighted by atomic mass is 16.7. The van der Waals surface area contributed by atoms with Crippen LogP contribution in [0.1, 0.15) is 27.7 Å². The van der Waals surface area contributed by atoms with Gasteiger partial charge < -0.3 is 23.7 Å². The summed E-state index contributed by atoms with van der Waals surface area (Å²) in [6.45, 7) is 4.79. The van der Waals surface area contributed by atoms with E-state index in [-0.39, 0.29) is 6.61 Å². The Morgan fingerprint density at radius 2 is 1.21 bits per heavy atom. The lowest BCUT2D eigenvalue weighted by Crippen LogP contribution is -2.57. The van der Waals surface area contributed by atoms with Crippen LogP contribution in [0.2, 0.25) is 0 Å². The molecule has 24 heavy (non-hydrogen) atoms. The van der Waals surface area contributed by atoms with Gasteiger partial charge in [0, 0.05) is 27.7 Å². The van der Waals surface area contributed by atoms with Crippen molar-refractivity contribution in [2.45, 2.75) is 58.2 Å². The van der Waals surface area contributed by atoms with Gasteiger partial charge in [0.15, 0.2) is 18.3 Å². The van der Waals surface area contributed by atoms with Crippen molar-refractivity contribution in [2.24, 2.45) is 5.92 Å². The van der Waals surface area contributed by atoms with Gasteiger partial charge in [-0.05, 0) is 0 Å². The number of carbonyl (C=O) groups is 4. The normalized spacial score (nSPS) is 33.7. The summed E-state index contributed by atoms with van der Waals surface area (Å²) in [4.78, 5) is 45.3. The Labute approximate surface area is 138 Å². The molecule has 2 aliphatic rings. The molecule has 0 N–H and O–H groups in total. The Kier molecular flexibility index (Phi) is 5.43. The lowest BCUT2D eigenvalue weighted by atomic mass is 9.82. The SMILES string of the molecule is CC(=O)OC[C@@H]1[C@@H](OC(C)=O)[C@H](OC(C)=O)[C@@H](OC(C)=O)[C@H]2O[C@@H]12. The summed E-state index contributed by atoms with van der Waals surface area (Å²) in [7, 11) is 0. The molecule has 0 radical (unpaired) electrons. The molecule has 1 aliphatic carbocycles. The Bertz CT molecular complexity index is 543. The maximum atomic E-state index is 11.5. The monoisotopic (exact) mass is 344 g/mol. The van der Waals surface area contributed by atoms with Gasteiger partial charge in [-0.1, -0.05) is 0 Å². The maximum Gasteiger partial charge on any atom is 0.303 e. The first-order valence-corrected chi connectivity index (χ1v) is 7.51. The van der Waals surface area contributed by atoms with Crippen molar-refractivity contribution in [1.82, 2.24) is 0 Å². The standard InChI is InChI=1S/C15H20O9/c1-6(16)20-5-10-11(21-7(2)17)13(22-8(3)18)15(23-9(4)19)14-12(10)24-14/h10-15H,5H2,1-4H3/t10-,11-,12+,13+,14+,15-/m1/s1. The average Bonchev–Trinajstić information content (AvgIpc) is 3.20. The summed E-state index contributed by atoms with van der Waals surface area (Å²) in [6.07, 6.45) is -3.83. The van der Waals surface area contributed by atoms with Gasteiger partial charge in [-0.3, -0.25) is 19.2 Å². The molecular weight excluding hydrogens is 324 g/mol. The molecule has 0 amide bonds. The number of carbonyl (C=O) groups excluding carboxylic acids is 4. The van der Waals surface area contributed by atoms with Crippen LogP contribution in [0.3, 0.4) is 0 Å². The highest BCUT2D eigenvalue weighted by Crippen LogP contribution is 2.45. The summed E-state index contributed by atoms with van der Waals surface area (Å²) in [5, 5.41) is 0. The van der Waals surface area contributed by atoms with E-state index in [1.165, 1.54) is 27.7 Å². The number of epoxide rings is 1. The second kappa shape index (κ2) is 7.16. The van der Waals surface area contributed by atoms with Crippen molar-refractivity contribution in [3.05, 3.63) is 0 Å². The first-order valence-electron chi connectivity index (χ1n) is 7.51. The van der Waals surface area contributed by atoms with E-state index >= 15 is 0 Å². The van der Waals surface area contributed by atoms with Crippen LogP contribution in [-0.4, -0.2) is 61.0 Å². The van der Waals surface area contributed by atoms with Crippen LogP contribution in [0.15, 0.2) is 0 Å². The smallest absolute Gasteiger partial charge is 0.303 e. The van der Waals surface area contributed by atoms with Crippen molar-refractivity contribution in [3.8, 4) is 0 Å². The highest BCUT2D eigenvalue weighted by molar-refractivity contribution is 5.69. The van der Waals surface area contributed by atoms with E-state index in [2.05, 4.69) is 0 Å². The fourth-order valence-electron chi connectivity index (χ4n) is 2.95. The zero-order chi connectivity index (χ0) is 18.0. The van der Waals surface area contributed by atoms with Crippen LogP contribution >= 0.6 is 0 Å². The van der Waals surface area contributed by atoms with Crippen molar-refractivity contribution in [3.63, 3.8) is 0 Å². The van der Waals surface area contributed by atoms with Crippen LogP contribution in [0, 0.1) is 5.92 Å². The lowest BCUT2D eigenvalue weighted by molar-refractivity contribution is -0.195. The fraction of sp³-hybridized carbons (Fsp3) is 0.733. The fourth-order valence-corrected chi connectivity index (χ4v) is 2.95. The quantitative estimate of drug-likeness (QED) is 0.377. The first kappa shape index (κ1) is 18.2. The van der Waals surface area contributed by atoms with Gasteiger partial charge in [-0.15, -0.1) is 0 Å². The minimum absolute atomic E-state index is 0.0704. The molecule has 1 saturated carbocycles. The molecule has 1 saturated heterocycles. The summed E-state index contributed by atoms with van der Waals surface area (Å²) in [6, 6.07) is 0. The predicted molar refractivity (Wildman–Crippen MR) is 75.4 cm³/mol. The predicted octanol–water partition coefficient (Wildman–Crippen LogP) is -0.258. The highest BCUT2D eigenvalue weighted by Gasteiger charge is 2.65. The van der Waals surface area contributed by atoms with Gasteiger partial charge in [-0.2, -0.15) is 0 Å². The summed E-state index contributed by atoms with van der Waals surface area (Å²) in [5.74, 6) is -2.84. The summed E-state index contributed by atoms with van der Waals surface area (Å²) < 4.78 is 26.2. The molecule has 6 atom stereocenters. The molecule has 0 aromatic heterocycles. The molecule has 9 nitrogen and oxygen atoms in total. The van der Waals surface area contributed by atoms with Gasteiger partial charge in [-0.25, -0.2) is 0 Å². The van der Waals surface area contributed by atoms with Crippen LogP contribution in [0.25, 0.3) is 0 Å². The topological polar surface area (TPSA) is 118 Å². The largest absolute Gasteiger partial charge is 0.465 e. The molecule has 0 aromatic carbocycles. The van der Waals surface area contributed by atoms with Gasteiger partial charge in [0.05, 0.1) is 12.0 Å². The number of esters is 4. The van der Waals surface area contributed by atoms with E-state index < -0.39 is 60.3 Å². The summed E-state index contributed by atoms with van der Waals surface area (Å²) in [5.41, 5.74) is 0. The van der Waals surface area contributed by atoms with E-state index in [0.717, 1.165) is 0 Å². The molecule has 134 valence electrons. The Morgan fingerprint density at radius 3 is 1.71 bits per heavy atom. The second-order valence-corrected chi connectivity index (χ2v) is 5.75. The van der Waals surface area contributed by atoms with Crippen molar-refractivity contribution >= 4 is 23.9 Å². The second-order valence-electron chi connectivity index (χ2n) is 5.75. The van der Waals surface area contributed by atoms with Crippen LogP contribution < -0.4 is 0 Å². The Morgan fingerprint density at radius 1 is 0.708 bits per heavy atom. The molecule has 1 heterocycles. The number of hydrogen-bond donors (Lipinski definition) is 0. The molecule has 0 aromatic rings. The van der Waals surface area contributed by atoms with Gasteiger partial charge in [0.1, 0.15) is 12.7 Å². The number of fused-ring (bicyclic) bond motifs is 1. The number of rotatable bonds is 5. The van der Waals surface area contributed by atoms with Crippen LogP contribution in [-0.2, 0) is 42.9 Å². The molecule has 2 rings (SSSR count). The van der Waals surface area contributed by atoms with Crippen molar-refractivity contribution < 1.29 is 42.9 Å². The van der Waals surface area contributed by atoms with E-state index in [1.54, 1.807) is 0 Å². The third-order valence-electron chi connectivity index (χ3n) is 3.76. The molecule has 1 aliphatic heterocycles. The van der Waals surface area contributed by atoms with Crippen LogP contribution in [0.5, 0.6) is 0 Å². The maximum absolute atomic E-state index is 11.5. The van der Waals surface area contributed by atoms with E-state index in [1.807, 2.05) is 0 Å². The van der Waals surface area contributed by atoms with Gasteiger partial charge in [0.25, 0.3) is 0 Å².